The van der Waals surface area contributed by atoms with E-state index in [1.54, 1.807) is 0 Å². The van der Waals surface area contributed by atoms with Crippen molar-refractivity contribution in [3.8, 4) is 0 Å². The molecule has 0 spiro atoms. The van der Waals surface area contributed by atoms with Crippen molar-refractivity contribution in [3.63, 3.8) is 0 Å². The van der Waals surface area contributed by atoms with Crippen molar-refractivity contribution < 1.29 is 0 Å². The first-order valence-corrected chi connectivity index (χ1v) is 7.25. The summed E-state index contributed by atoms with van der Waals surface area (Å²) >= 11 is 0. The molecule has 2 heteroatoms. The molecule has 2 nitrogen and oxygen atoms in total. The molecule has 102 valence electrons. The van der Waals surface area contributed by atoms with Gasteiger partial charge in [-0.15, -0.1) is 0 Å². The monoisotopic (exact) mass is 248 g/mol. The number of aromatic nitrogens is 1. The maximum absolute atomic E-state index is 6.23. The summed E-state index contributed by atoms with van der Waals surface area (Å²) in [6.45, 7) is 12.7. The van der Waals surface area contributed by atoms with Gasteiger partial charge in [-0.05, 0) is 49.1 Å². The van der Waals surface area contributed by atoms with Crippen molar-refractivity contribution in [3.05, 3.63) is 23.0 Å². The van der Waals surface area contributed by atoms with Crippen LogP contribution in [0.4, 0.5) is 0 Å². The number of fused-ring (bicyclic) bond motifs is 1. The van der Waals surface area contributed by atoms with E-state index < -0.39 is 0 Å². The van der Waals surface area contributed by atoms with Crippen molar-refractivity contribution >= 4 is 0 Å². The van der Waals surface area contributed by atoms with E-state index in [4.69, 9.17) is 5.73 Å². The summed E-state index contributed by atoms with van der Waals surface area (Å²) in [6.07, 6.45) is 3.58. The Labute approximate surface area is 112 Å². The van der Waals surface area contributed by atoms with Crippen LogP contribution in [0.3, 0.4) is 0 Å². The minimum atomic E-state index is 0.263. The molecule has 1 heterocycles. The van der Waals surface area contributed by atoms with Gasteiger partial charge in [0.25, 0.3) is 0 Å². The zero-order chi connectivity index (χ0) is 13.5. The summed E-state index contributed by atoms with van der Waals surface area (Å²) in [5.41, 5.74) is 10.9. The Hall–Kier alpha value is -0.760. The maximum atomic E-state index is 6.23. The topological polar surface area (TPSA) is 30.9 Å². The van der Waals surface area contributed by atoms with Crippen molar-refractivity contribution in [2.45, 2.75) is 66.5 Å². The van der Waals surface area contributed by atoms with Crippen LogP contribution in [0.25, 0.3) is 0 Å². The summed E-state index contributed by atoms with van der Waals surface area (Å²) in [5.74, 6) is 0.672. The van der Waals surface area contributed by atoms with Gasteiger partial charge in [-0.2, -0.15) is 0 Å². The van der Waals surface area contributed by atoms with E-state index in [-0.39, 0.29) is 6.04 Å². The molecule has 18 heavy (non-hydrogen) atoms. The lowest BCUT2D eigenvalue weighted by atomic mass is 9.82. The molecule has 1 aliphatic rings. The normalized spacial score (nSPS) is 21.8. The van der Waals surface area contributed by atoms with E-state index in [0.29, 0.717) is 11.3 Å². The largest absolute Gasteiger partial charge is 0.348 e. The standard InChI is InChI=1S/C16H28N2/c1-11(16(3,4)5)10-18-12(2)9-13-14(17)7-6-8-15(13)18/h9,11,14H,6-8,10,17H2,1-5H3. The van der Waals surface area contributed by atoms with Gasteiger partial charge >= 0.3 is 0 Å². The smallest absolute Gasteiger partial charge is 0.0313 e. The highest BCUT2D eigenvalue weighted by Crippen LogP contribution is 2.33. The lowest BCUT2D eigenvalue weighted by molar-refractivity contribution is 0.229. The number of nitrogens with two attached hydrogens (primary N) is 1. The molecular weight excluding hydrogens is 220 g/mol. The van der Waals surface area contributed by atoms with E-state index >= 15 is 0 Å². The van der Waals surface area contributed by atoms with Gasteiger partial charge in [0.05, 0.1) is 0 Å². The molecule has 0 radical (unpaired) electrons. The summed E-state index contributed by atoms with van der Waals surface area (Å²) in [7, 11) is 0. The van der Waals surface area contributed by atoms with Crippen molar-refractivity contribution in [1.82, 2.24) is 4.57 Å². The minimum Gasteiger partial charge on any atom is -0.348 e. The molecule has 0 bridgehead atoms. The fourth-order valence-electron chi connectivity index (χ4n) is 2.80. The second-order valence-corrected chi connectivity index (χ2v) is 7.06. The van der Waals surface area contributed by atoms with Gasteiger partial charge in [0.2, 0.25) is 0 Å². The summed E-state index contributed by atoms with van der Waals surface area (Å²) in [5, 5.41) is 0. The van der Waals surface area contributed by atoms with Gasteiger partial charge in [0.1, 0.15) is 0 Å². The molecule has 2 rings (SSSR count). The summed E-state index contributed by atoms with van der Waals surface area (Å²) in [6, 6.07) is 2.58. The summed E-state index contributed by atoms with van der Waals surface area (Å²) < 4.78 is 2.52. The molecule has 0 aromatic carbocycles. The summed E-state index contributed by atoms with van der Waals surface area (Å²) in [4.78, 5) is 0. The lowest BCUT2D eigenvalue weighted by Gasteiger charge is -2.30. The number of nitrogens with zero attached hydrogens (tertiary/aromatic N) is 1. The predicted molar refractivity (Wildman–Crippen MR) is 77.7 cm³/mol. The number of aryl methyl sites for hydroxylation is 1. The molecule has 0 saturated heterocycles. The van der Waals surface area contributed by atoms with Crippen LogP contribution in [0.2, 0.25) is 0 Å². The van der Waals surface area contributed by atoms with E-state index in [0.717, 1.165) is 13.0 Å². The van der Waals surface area contributed by atoms with Gasteiger partial charge in [0.15, 0.2) is 0 Å². The Morgan fingerprint density at radius 2 is 2.11 bits per heavy atom. The molecule has 1 aromatic heterocycles. The van der Waals surface area contributed by atoms with Gasteiger partial charge in [-0.3, -0.25) is 0 Å². The molecule has 1 aromatic rings. The van der Waals surface area contributed by atoms with E-state index in [1.165, 1.54) is 29.8 Å². The average molecular weight is 248 g/mol. The second-order valence-electron chi connectivity index (χ2n) is 7.06. The SMILES string of the molecule is Cc1cc2c(n1CC(C)C(C)(C)C)CCCC2N. The first-order chi connectivity index (χ1) is 8.30. The molecule has 0 fully saturated rings. The Kier molecular flexibility index (Phi) is 3.59. The lowest BCUT2D eigenvalue weighted by Crippen LogP contribution is -2.25. The zero-order valence-electron chi connectivity index (χ0n) is 12.6. The second kappa shape index (κ2) is 4.73. The molecule has 2 unspecified atom stereocenters. The minimum absolute atomic E-state index is 0.263. The molecule has 2 atom stereocenters. The zero-order valence-corrected chi connectivity index (χ0v) is 12.6. The van der Waals surface area contributed by atoms with Crippen LogP contribution in [-0.4, -0.2) is 4.57 Å². The van der Waals surface area contributed by atoms with Crippen LogP contribution in [0, 0.1) is 18.3 Å². The maximum Gasteiger partial charge on any atom is 0.0313 e. The van der Waals surface area contributed by atoms with Crippen LogP contribution in [0.1, 0.15) is 63.5 Å². The fourth-order valence-corrected chi connectivity index (χ4v) is 2.80. The van der Waals surface area contributed by atoms with Crippen molar-refractivity contribution in [1.29, 1.82) is 0 Å². The van der Waals surface area contributed by atoms with Gasteiger partial charge in [0, 0.05) is 24.0 Å². The number of rotatable bonds is 2. The molecule has 0 saturated carbocycles. The molecule has 1 aliphatic carbocycles. The highest BCUT2D eigenvalue weighted by Gasteiger charge is 2.25. The van der Waals surface area contributed by atoms with Crippen molar-refractivity contribution in [2.24, 2.45) is 17.1 Å². The van der Waals surface area contributed by atoms with Crippen LogP contribution in [-0.2, 0) is 13.0 Å². The fraction of sp³-hybridized carbons (Fsp3) is 0.750. The van der Waals surface area contributed by atoms with Gasteiger partial charge in [-0.1, -0.05) is 27.7 Å². The Morgan fingerprint density at radius 3 is 2.72 bits per heavy atom. The predicted octanol–water partition coefficient (Wildman–Crippen LogP) is 3.81. The van der Waals surface area contributed by atoms with Gasteiger partial charge in [-0.25, -0.2) is 0 Å². The highest BCUT2D eigenvalue weighted by atomic mass is 15.0. The quantitative estimate of drug-likeness (QED) is 0.847. The average Bonchev–Trinajstić information content (AvgIpc) is 2.57. The Balaban J connectivity index is 2.29. The number of hydrogen-bond acceptors (Lipinski definition) is 1. The highest BCUT2D eigenvalue weighted by molar-refractivity contribution is 5.32. The van der Waals surface area contributed by atoms with Crippen LogP contribution < -0.4 is 5.73 Å². The number of hydrogen-bond donors (Lipinski definition) is 1. The third-order valence-electron chi connectivity index (χ3n) is 4.71. The van der Waals surface area contributed by atoms with Crippen LogP contribution in [0.5, 0.6) is 0 Å². The van der Waals surface area contributed by atoms with Crippen LogP contribution >= 0.6 is 0 Å². The third kappa shape index (κ3) is 2.49. The van der Waals surface area contributed by atoms with Gasteiger partial charge < -0.3 is 10.3 Å². The molecule has 2 N–H and O–H groups in total. The molecule has 0 amide bonds. The first-order valence-electron chi connectivity index (χ1n) is 7.25. The van der Waals surface area contributed by atoms with E-state index in [1.807, 2.05) is 0 Å². The molecule has 0 aliphatic heterocycles. The molecular formula is C16H28N2. The van der Waals surface area contributed by atoms with Crippen molar-refractivity contribution in [2.75, 3.05) is 0 Å². The van der Waals surface area contributed by atoms with E-state index in [9.17, 15) is 0 Å². The Morgan fingerprint density at radius 1 is 1.44 bits per heavy atom. The first kappa shape index (κ1) is 13.7. The Bertz CT molecular complexity index is 423. The van der Waals surface area contributed by atoms with E-state index in [2.05, 4.69) is 45.3 Å². The third-order valence-corrected chi connectivity index (χ3v) is 4.71. The van der Waals surface area contributed by atoms with Crippen LogP contribution in [0.15, 0.2) is 6.07 Å².